The largest absolute Gasteiger partial charge is 0.399 e. The topological polar surface area (TPSA) is 132 Å². The number of oxime groups is 1. The van der Waals surface area contributed by atoms with Crippen LogP contribution in [-0.2, 0) is 22.6 Å². The highest BCUT2D eigenvalue weighted by molar-refractivity contribution is 6.38. The molecule has 216 valence electrons. The first-order chi connectivity index (χ1) is 19.3. The number of hydrogen-bond acceptors (Lipinski definition) is 9. The number of hydrogen-bond donors (Lipinski definition) is 3. The zero-order chi connectivity index (χ0) is 28.5. The van der Waals surface area contributed by atoms with Gasteiger partial charge in [0.25, 0.3) is 11.8 Å². The summed E-state index contributed by atoms with van der Waals surface area (Å²) in [5.74, 6) is 0.419. The van der Waals surface area contributed by atoms with Crippen LogP contribution < -0.4 is 10.6 Å². The van der Waals surface area contributed by atoms with Gasteiger partial charge in [-0.1, -0.05) is 43.3 Å². The average molecular weight is 552 g/mol. The van der Waals surface area contributed by atoms with E-state index in [1.54, 1.807) is 6.07 Å². The van der Waals surface area contributed by atoms with Crippen LogP contribution in [0.15, 0.2) is 41.8 Å². The number of rotatable bonds is 11. The molecule has 0 saturated carbocycles. The molecule has 0 radical (unpaired) electrons. The highest BCUT2D eigenvalue weighted by Crippen LogP contribution is 2.19. The van der Waals surface area contributed by atoms with Crippen LogP contribution in [-0.4, -0.2) is 94.4 Å². The van der Waals surface area contributed by atoms with Gasteiger partial charge in [0, 0.05) is 57.8 Å². The quantitative estimate of drug-likeness (QED) is 0.286. The lowest BCUT2D eigenvalue weighted by Gasteiger charge is -2.33. The Kier molecular flexibility index (Phi) is 10.4. The van der Waals surface area contributed by atoms with Gasteiger partial charge in [0.2, 0.25) is 0 Å². The average Bonchev–Trinajstić information content (AvgIpc) is 2.95. The van der Waals surface area contributed by atoms with Gasteiger partial charge in [-0.25, -0.2) is 9.97 Å². The van der Waals surface area contributed by atoms with Crippen LogP contribution in [0, 0.1) is 5.92 Å². The Morgan fingerprint density at radius 3 is 2.62 bits per heavy atom. The highest BCUT2D eigenvalue weighted by Gasteiger charge is 2.27. The Hall–Kier alpha value is -3.57. The smallest absolute Gasteiger partial charge is 0.271 e. The number of piperidine rings is 1. The van der Waals surface area contributed by atoms with Crippen LogP contribution >= 0.6 is 0 Å². The molecule has 1 fully saturated rings. The number of β-amino-alcohol motifs (C(OH)–C–C–N with tert-alkyl or cyclic N) is 1. The van der Waals surface area contributed by atoms with E-state index in [1.165, 1.54) is 24.6 Å². The number of anilines is 1. The number of benzene rings is 1. The van der Waals surface area contributed by atoms with E-state index in [0.29, 0.717) is 43.5 Å². The van der Waals surface area contributed by atoms with E-state index >= 15 is 0 Å². The van der Waals surface area contributed by atoms with Crippen molar-refractivity contribution in [2.75, 3.05) is 45.2 Å². The van der Waals surface area contributed by atoms with Crippen LogP contribution in [0.25, 0.3) is 0 Å². The molecule has 1 aromatic heterocycles. The lowest BCUT2D eigenvalue weighted by Crippen LogP contribution is -2.45. The van der Waals surface area contributed by atoms with Crippen LogP contribution in [0.3, 0.4) is 0 Å². The molecule has 0 bridgehead atoms. The number of fused-ring (bicyclic) bond motifs is 1. The SMILES string of the molecule is CON=C(CC(C)C)C(=O)N1CCC(Nc2cc(C(=O)NC[C@H](O)CN3CCc4ccccc4C3)ncn2)CC1. The highest BCUT2D eigenvalue weighted by atomic mass is 16.6. The van der Waals surface area contributed by atoms with Crippen molar-refractivity contribution >= 4 is 23.3 Å². The number of nitrogens with one attached hydrogen (secondary N) is 2. The maximum absolute atomic E-state index is 12.9. The van der Waals surface area contributed by atoms with Crippen molar-refractivity contribution in [1.29, 1.82) is 0 Å². The van der Waals surface area contributed by atoms with E-state index < -0.39 is 6.10 Å². The molecule has 11 nitrogen and oxygen atoms in total. The first-order valence-corrected chi connectivity index (χ1v) is 14.1. The van der Waals surface area contributed by atoms with Gasteiger partial charge in [-0.3, -0.25) is 14.5 Å². The van der Waals surface area contributed by atoms with Gasteiger partial charge in [0.15, 0.2) is 0 Å². The Bertz CT molecular complexity index is 1180. The minimum absolute atomic E-state index is 0.0812. The molecular formula is C29H41N7O4. The van der Waals surface area contributed by atoms with E-state index in [-0.39, 0.29) is 30.1 Å². The minimum Gasteiger partial charge on any atom is -0.399 e. The van der Waals surface area contributed by atoms with Crippen molar-refractivity contribution in [3.63, 3.8) is 0 Å². The molecule has 0 unspecified atom stereocenters. The fourth-order valence-corrected chi connectivity index (χ4v) is 5.21. The number of carbonyl (C=O) groups excluding carboxylic acids is 2. The molecular weight excluding hydrogens is 510 g/mol. The van der Waals surface area contributed by atoms with E-state index in [9.17, 15) is 14.7 Å². The number of aliphatic hydroxyl groups excluding tert-OH is 1. The lowest BCUT2D eigenvalue weighted by atomic mass is 10.00. The second-order valence-electron chi connectivity index (χ2n) is 10.9. The van der Waals surface area contributed by atoms with Gasteiger partial charge >= 0.3 is 0 Å². The van der Waals surface area contributed by atoms with E-state index in [2.05, 4.69) is 48.9 Å². The number of amides is 2. The molecule has 3 heterocycles. The summed E-state index contributed by atoms with van der Waals surface area (Å²) in [5, 5.41) is 20.7. The Balaban J connectivity index is 1.22. The molecule has 4 rings (SSSR count). The van der Waals surface area contributed by atoms with Gasteiger partial charge in [-0.2, -0.15) is 0 Å². The van der Waals surface area contributed by atoms with Crippen LogP contribution in [0.4, 0.5) is 5.82 Å². The maximum atomic E-state index is 12.9. The van der Waals surface area contributed by atoms with E-state index in [1.807, 2.05) is 24.8 Å². The summed E-state index contributed by atoms with van der Waals surface area (Å²) in [6, 6.07) is 10.1. The number of aromatic nitrogens is 2. The summed E-state index contributed by atoms with van der Waals surface area (Å²) in [6.07, 6.45) is 3.69. The molecule has 0 spiro atoms. The fraction of sp³-hybridized carbons (Fsp3) is 0.552. The van der Waals surface area contributed by atoms with Gasteiger partial charge in [0.05, 0.1) is 6.10 Å². The Labute approximate surface area is 236 Å². The monoisotopic (exact) mass is 551 g/mol. The molecule has 2 aromatic rings. The van der Waals surface area contributed by atoms with Crippen molar-refractivity contribution in [1.82, 2.24) is 25.1 Å². The lowest BCUT2D eigenvalue weighted by molar-refractivity contribution is -0.125. The number of aliphatic hydroxyl groups is 1. The standard InChI is InChI=1S/C29H41N7O4/c1-20(2)14-26(34-40-3)29(39)36-12-9-23(10-13-36)33-27-15-25(31-19-32-27)28(38)30-16-24(37)18-35-11-8-21-6-4-5-7-22(21)17-35/h4-7,15,19-20,23-24,37H,8-14,16-18H2,1-3H3,(H,30,38)(H,31,32,33)/t24-/m0/s1. The van der Waals surface area contributed by atoms with Crippen molar-refractivity contribution in [3.8, 4) is 0 Å². The zero-order valence-electron chi connectivity index (χ0n) is 23.7. The van der Waals surface area contributed by atoms with Crippen LogP contribution in [0.5, 0.6) is 0 Å². The Morgan fingerprint density at radius 2 is 1.90 bits per heavy atom. The normalized spacial score (nSPS) is 17.3. The van der Waals surface area contributed by atoms with Gasteiger partial charge in [0.1, 0.15) is 30.7 Å². The molecule has 2 amide bonds. The zero-order valence-corrected chi connectivity index (χ0v) is 23.7. The fourth-order valence-electron chi connectivity index (χ4n) is 5.21. The molecule has 0 aliphatic carbocycles. The summed E-state index contributed by atoms with van der Waals surface area (Å²) >= 11 is 0. The van der Waals surface area contributed by atoms with Crippen LogP contribution in [0.1, 0.15) is 54.7 Å². The van der Waals surface area contributed by atoms with Crippen molar-refractivity contribution in [2.24, 2.45) is 11.1 Å². The summed E-state index contributed by atoms with van der Waals surface area (Å²) in [7, 11) is 1.46. The summed E-state index contributed by atoms with van der Waals surface area (Å²) in [6.45, 7) is 7.59. The second kappa shape index (κ2) is 14.2. The van der Waals surface area contributed by atoms with Gasteiger partial charge in [-0.05, 0) is 36.3 Å². The molecule has 2 aliphatic heterocycles. The molecule has 11 heteroatoms. The molecule has 1 aromatic carbocycles. The van der Waals surface area contributed by atoms with Gasteiger partial charge < -0.3 is 25.5 Å². The third-order valence-electron chi connectivity index (χ3n) is 7.26. The third-order valence-corrected chi connectivity index (χ3v) is 7.26. The van der Waals surface area contributed by atoms with Crippen molar-refractivity contribution in [2.45, 2.75) is 58.2 Å². The minimum atomic E-state index is -0.684. The number of nitrogens with zero attached hydrogens (tertiary/aromatic N) is 5. The predicted molar refractivity (Wildman–Crippen MR) is 153 cm³/mol. The number of carbonyl (C=O) groups is 2. The molecule has 1 saturated heterocycles. The second-order valence-corrected chi connectivity index (χ2v) is 10.9. The first kappa shape index (κ1) is 29.4. The first-order valence-electron chi connectivity index (χ1n) is 14.1. The predicted octanol–water partition coefficient (Wildman–Crippen LogP) is 2.08. The summed E-state index contributed by atoms with van der Waals surface area (Å²) < 4.78 is 0. The maximum Gasteiger partial charge on any atom is 0.271 e. The third kappa shape index (κ3) is 8.22. The summed E-state index contributed by atoms with van der Waals surface area (Å²) in [4.78, 5) is 42.9. The van der Waals surface area contributed by atoms with Gasteiger partial charge in [-0.15, -0.1) is 0 Å². The Morgan fingerprint density at radius 1 is 1.15 bits per heavy atom. The summed E-state index contributed by atoms with van der Waals surface area (Å²) in [5.41, 5.74) is 3.33. The number of likely N-dealkylation sites (tertiary alicyclic amines) is 1. The molecule has 1 atom stereocenters. The molecule has 2 aliphatic rings. The molecule has 40 heavy (non-hydrogen) atoms. The van der Waals surface area contributed by atoms with E-state index in [0.717, 1.165) is 32.4 Å². The van der Waals surface area contributed by atoms with Crippen LogP contribution in [0.2, 0.25) is 0 Å². The van der Waals surface area contributed by atoms with Crippen molar-refractivity contribution in [3.05, 3.63) is 53.5 Å². The van der Waals surface area contributed by atoms with Crippen molar-refractivity contribution < 1.29 is 19.5 Å². The molecule has 3 N–H and O–H groups in total. The van der Waals surface area contributed by atoms with E-state index in [4.69, 9.17) is 4.84 Å².